The molecular weight excluding hydrogens is 228 g/mol. The van der Waals surface area contributed by atoms with Crippen LogP contribution in [0.25, 0.3) is 0 Å². The highest BCUT2D eigenvalue weighted by molar-refractivity contribution is 5.88. The number of carboxylic acids is 2. The smallest absolute Gasteiger partial charge is 0.335 e. The first kappa shape index (κ1) is 13.1. The number of carboxylic acid groups (broad SMARTS) is 2. The second-order valence-corrected chi connectivity index (χ2v) is 3.60. The van der Waals surface area contributed by atoms with E-state index in [9.17, 15) is 19.8 Å². The molecule has 0 fully saturated rings. The Morgan fingerprint density at radius 1 is 1.18 bits per heavy atom. The number of benzene rings is 1. The molecule has 17 heavy (non-hydrogen) atoms. The Morgan fingerprint density at radius 2 is 1.76 bits per heavy atom. The van der Waals surface area contributed by atoms with Gasteiger partial charge >= 0.3 is 11.9 Å². The molecule has 2 unspecified atom stereocenters. The summed E-state index contributed by atoms with van der Waals surface area (Å²) in [6.45, 7) is 1.58. The summed E-state index contributed by atoms with van der Waals surface area (Å²) in [4.78, 5) is 21.2. The Hall–Kier alpha value is -1.92. The number of rotatable bonds is 4. The van der Waals surface area contributed by atoms with E-state index >= 15 is 0 Å². The van der Waals surface area contributed by atoms with E-state index in [-0.39, 0.29) is 11.1 Å². The molecule has 0 aliphatic rings. The minimum Gasteiger partial charge on any atom is -0.479 e. The van der Waals surface area contributed by atoms with Gasteiger partial charge in [0.1, 0.15) is 6.10 Å². The van der Waals surface area contributed by atoms with Gasteiger partial charge in [-0.15, -0.1) is 0 Å². The number of hydrogen-bond donors (Lipinski definition) is 4. The minimum absolute atomic E-state index is 0.0813. The van der Waals surface area contributed by atoms with Crippen LogP contribution in [0.4, 0.5) is 0 Å². The molecule has 1 aromatic carbocycles. The highest BCUT2D eigenvalue weighted by Gasteiger charge is 2.26. The van der Waals surface area contributed by atoms with Gasteiger partial charge < -0.3 is 20.4 Å². The van der Waals surface area contributed by atoms with Gasteiger partial charge in [-0.25, -0.2) is 9.59 Å². The molecule has 4 N–H and O–H groups in total. The topological polar surface area (TPSA) is 115 Å². The van der Waals surface area contributed by atoms with Gasteiger partial charge in [0.05, 0.1) is 5.56 Å². The Labute approximate surface area is 96.8 Å². The SMILES string of the molecule is Cc1ccc(C(=O)O)cc1C(O)C(O)C(=O)O. The van der Waals surface area contributed by atoms with Crippen LogP contribution in [0.1, 0.15) is 27.6 Å². The molecule has 6 heteroatoms. The fourth-order valence-corrected chi connectivity index (χ4v) is 1.40. The Kier molecular flexibility index (Phi) is 3.82. The second-order valence-electron chi connectivity index (χ2n) is 3.60. The van der Waals surface area contributed by atoms with Crippen LogP contribution >= 0.6 is 0 Å². The summed E-state index contributed by atoms with van der Waals surface area (Å²) in [6.07, 6.45) is -3.65. The first-order valence-corrected chi connectivity index (χ1v) is 4.77. The quantitative estimate of drug-likeness (QED) is 0.596. The van der Waals surface area contributed by atoms with E-state index < -0.39 is 24.1 Å². The van der Waals surface area contributed by atoms with Crippen LogP contribution < -0.4 is 0 Å². The maximum atomic E-state index is 10.7. The summed E-state index contributed by atoms with van der Waals surface area (Å²) in [5.41, 5.74) is 0.504. The number of hydrogen-bond acceptors (Lipinski definition) is 4. The third-order valence-electron chi connectivity index (χ3n) is 2.40. The maximum Gasteiger partial charge on any atom is 0.335 e. The number of aryl methyl sites for hydroxylation is 1. The molecule has 0 heterocycles. The summed E-state index contributed by atoms with van der Waals surface area (Å²) < 4.78 is 0. The van der Waals surface area contributed by atoms with Crippen LogP contribution in [-0.4, -0.2) is 38.5 Å². The van der Waals surface area contributed by atoms with E-state index in [1.54, 1.807) is 6.92 Å². The monoisotopic (exact) mass is 240 g/mol. The molecule has 2 atom stereocenters. The van der Waals surface area contributed by atoms with Crippen molar-refractivity contribution in [2.75, 3.05) is 0 Å². The van der Waals surface area contributed by atoms with Gasteiger partial charge in [-0.3, -0.25) is 0 Å². The molecule has 92 valence electrons. The molecule has 0 radical (unpaired) electrons. The highest BCUT2D eigenvalue weighted by atomic mass is 16.4. The number of aliphatic hydroxyl groups excluding tert-OH is 2. The molecule has 0 amide bonds. The largest absolute Gasteiger partial charge is 0.479 e. The average Bonchev–Trinajstić information content (AvgIpc) is 2.27. The summed E-state index contributed by atoms with van der Waals surface area (Å²) in [6, 6.07) is 3.92. The van der Waals surface area contributed by atoms with Crippen LogP contribution in [0.3, 0.4) is 0 Å². The third kappa shape index (κ3) is 2.80. The van der Waals surface area contributed by atoms with Crippen LogP contribution in [0, 0.1) is 6.92 Å². The summed E-state index contributed by atoms with van der Waals surface area (Å²) in [5.74, 6) is -2.76. The lowest BCUT2D eigenvalue weighted by Gasteiger charge is -2.17. The van der Waals surface area contributed by atoms with Crippen molar-refractivity contribution in [3.63, 3.8) is 0 Å². The van der Waals surface area contributed by atoms with E-state index in [0.29, 0.717) is 5.56 Å². The summed E-state index contributed by atoms with van der Waals surface area (Å²) in [5, 5.41) is 36.2. The zero-order valence-corrected chi connectivity index (χ0v) is 8.99. The maximum absolute atomic E-state index is 10.7. The molecule has 1 aromatic rings. The van der Waals surface area contributed by atoms with E-state index in [1.165, 1.54) is 12.1 Å². The predicted octanol–water partition coefficient (Wildman–Crippen LogP) is 0.172. The van der Waals surface area contributed by atoms with Crippen LogP contribution in [0.15, 0.2) is 18.2 Å². The van der Waals surface area contributed by atoms with E-state index in [2.05, 4.69) is 0 Å². The lowest BCUT2D eigenvalue weighted by Crippen LogP contribution is -2.28. The van der Waals surface area contributed by atoms with Gasteiger partial charge in [0.2, 0.25) is 0 Å². The number of aromatic carboxylic acids is 1. The lowest BCUT2D eigenvalue weighted by molar-refractivity contribution is -0.153. The van der Waals surface area contributed by atoms with Crippen molar-refractivity contribution in [2.45, 2.75) is 19.1 Å². The van der Waals surface area contributed by atoms with Gasteiger partial charge in [-0.1, -0.05) is 6.07 Å². The van der Waals surface area contributed by atoms with Crippen molar-refractivity contribution in [3.8, 4) is 0 Å². The zero-order valence-electron chi connectivity index (χ0n) is 8.99. The molecule has 0 aliphatic carbocycles. The van der Waals surface area contributed by atoms with Crippen LogP contribution in [-0.2, 0) is 4.79 Å². The fourth-order valence-electron chi connectivity index (χ4n) is 1.40. The van der Waals surface area contributed by atoms with Crippen molar-refractivity contribution in [2.24, 2.45) is 0 Å². The molecule has 0 bridgehead atoms. The molecule has 0 saturated carbocycles. The van der Waals surface area contributed by atoms with E-state index in [0.717, 1.165) is 6.07 Å². The summed E-state index contributed by atoms with van der Waals surface area (Å²) >= 11 is 0. The normalized spacial score (nSPS) is 14.1. The first-order chi connectivity index (χ1) is 7.84. The fraction of sp³-hybridized carbons (Fsp3) is 0.273. The number of carbonyl (C=O) groups is 2. The average molecular weight is 240 g/mol. The van der Waals surface area contributed by atoms with Crippen molar-refractivity contribution in [1.82, 2.24) is 0 Å². The molecular formula is C11H12O6. The van der Waals surface area contributed by atoms with Crippen molar-refractivity contribution in [1.29, 1.82) is 0 Å². The predicted molar refractivity (Wildman–Crippen MR) is 56.7 cm³/mol. The molecule has 6 nitrogen and oxygen atoms in total. The minimum atomic E-state index is -1.99. The zero-order chi connectivity index (χ0) is 13.2. The van der Waals surface area contributed by atoms with Gasteiger partial charge in [0, 0.05) is 0 Å². The Bertz CT molecular complexity index is 453. The number of aliphatic carboxylic acids is 1. The molecule has 1 rings (SSSR count). The highest BCUT2D eigenvalue weighted by Crippen LogP contribution is 2.22. The molecule has 0 saturated heterocycles. The molecule has 0 aromatic heterocycles. The first-order valence-electron chi connectivity index (χ1n) is 4.77. The van der Waals surface area contributed by atoms with Gasteiger partial charge in [-0.05, 0) is 30.2 Å². The van der Waals surface area contributed by atoms with Gasteiger partial charge in [0.25, 0.3) is 0 Å². The van der Waals surface area contributed by atoms with Gasteiger partial charge in [0.15, 0.2) is 6.10 Å². The third-order valence-corrected chi connectivity index (χ3v) is 2.40. The number of aliphatic hydroxyl groups is 2. The molecule has 0 spiro atoms. The van der Waals surface area contributed by atoms with Crippen molar-refractivity contribution in [3.05, 3.63) is 34.9 Å². The Balaban J connectivity index is 3.16. The van der Waals surface area contributed by atoms with Gasteiger partial charge in [-0.2, -0.15) is 0 Å². The van der Waals surface area contributed by atoms with Crippen LogP contribution in [0.2, 0.25) is 0 Å². The summed E-state index contributed by atoms with van der Waals surface area (Å²) in [7, 11) is 0. The molecule has 0 aliphatic heterocycles. The van der Waals surface area contributed by atoms with Crippen molar-refractivity contribution < 1.29 is 30.0 Å². The Morgan fingerprint density at radius 3 is 2.24 bits per heavy atom. The lowest BCUT2D eigenvalue weighted by atomic mass is 9.97. The van der Waals surface area contributed by atoms with E-state index in [1.807, 2.05) is 0 Å². The van der Waals surface area contributed by atoms with Crippen molar-refractivity contribution >= 4 is 11.9 Å². The van der Waals surface area contributed by atoms with Crippen LogP contribution in [0.5, 0.6) is 0 Å². The second kappa shape index (κ2) is 4.94. The standard InChI is InChI=1S/C11H12O6/c1-5-2-3-6(10(14)15)4-7(5)8(12)9(13)11(16)17/h2-4,8-9,12-13H,1H3,(H,14,15)(H,16,17). The van der Waals surface area contributed by atoms with E-state index in [4.69, 9.17) is 10.2 Å².